The fourth-order valence-corrected chi connectivity index (χ4v) is 1.97. The van der Waals surface area contributed by atoms with E-state index in [0.29, 0.717) is 6.10 Å². The molecule has 0 heterocycles. The van der Waals surface area contributed by atoms with Crippen LogP contribution in [0.4, 0.5) is 0 Å². The van der Waals surface area contributed by atoms with Crippen LogP contribution in [0.1, 0.15) is 40.0 Å². The third-order valence-corrected chi connectivity index (χ3v) is 3.58. The zero-order valence-corrected chi connectivity index (χ0v) is 14.0. The van der Waals surface area contributed by atoms with Crippen molar-refractivity contribution in [1.82, 2.24) is 10.2 Å². The fourth-order valence-electron chi connectivity index (χ4n) is 1.97. The van der Waals surface area contributed by atoms with Gasteiger partial charge in [-0.25, -0.2) is 0 Å². The van der Waals surface area contributed by atoms with E-state index in [-0.39, 0.29) is 5.97 Å². The molecule has 1 unspecified atom stereocenters. The van der Waals surface area contributed by atoms with Gasteiger partial charge in [0.1, 0.15) is 5.54 Å². The SMILES string of the molecule is CNC(C)(CCCCN(C)CCOC(C)C)C(=O)OC. The van der Waals surface area contributed by atoms with Gasteiger partial charge in [0, 0.05) is 6.54 Å². The quantitative estimate of drug-likeness (QED) is 0.463. The number of nitrogens with one attached hydrogen (secondary N) is 1. The minimum Gasteiger partial charge on any atom is -0.468 e. The number of likely N-dealkylation sites (N-methyl/N-ethyl adjacent to an activating group) is 2. The number of nitrogens with zero attached hydrogens (tertiary/aromatic N) is 1. The summed E-state index contributed by atoms with van der Waals surface area (Å²) in [5.74, 6) is -0.196. The molecular formula is C15H32N2O3. The zero-order chi connectivity index (χ0) is 15.6. The molecule has 0 amide bonds. The Labute approximate surface area is 124 Å². The van der Waals surface area contributed by atoms with E-state index >= 15 is 0 Å². The van der Waals surface area contributed by atoms with Gasteiger partial charge in [0.05, 0.1) is 19.8 Å². The summed E-state index contributed by atoms with van der Waals surface area (Å²) in [6.07, 6.45) is 3.13. The highest BCUT2D eigenvalue weighted by molar-refractivity contribution is 5.80. The maximum Gasteiger partial charge on any atom is 0.325 e. The predicted molar refractivity (Wildman–Crippen MR) is 81.9 cm³/mol. The van der Waals surface area contributed by atoms with Crippen LogP contribution in [0.5, 0.6) is 0 Å². The highest BCUT2D eigenvalue weighted by Gasteiger charge is 2.31. The summed E-state index contributed by atoms with van der Waals surface area (Å²) in [4.78, 5) is 13.9. The minimum absolute atomic E-state index is 0.196. The van der Waals surface area contributed by atoms with E-state index in [1.54, 1.807) is 7.05 Å². The molecule has 0 aliphatic rings. The molecule has 0 aliphatic heterocycles. The van der Waals surface area contributed by atoms with Crippen molar-refractivity contribution in [2.24, 2.45) is 0 Å². The van der Waals surface area contributed by atoms with Crippen LogP contribution in [0.25, 0.3) is 0 Å². The molecule has 0 saturated heterocycles. The average Bonchev–Trinajstić information content (AvgIpc) is 2.41. The van der Waals surface area contributed by atoms with Crippen molar-refractivity contribution in [2.45, 2.75) is 51.7 Å². The van der Waals surface area contributed by atoms with E-state index in [2.05, 4.69) is 17.3 Å². The standard InChI is InChI=1S/C15H32N2O3/c1-13(2)20-12-11-17(5)10-8-7-9-15(3,16-4)14(18)19-6/h13,16H,7-12H2,1-6H3. The number of hydrogen-bond donors (Lipinski definition) is 1. The molecule has 0 saturated carbocycles. The molecule has 0 spiro atoms. The Morgan fingerprint density at radius 3 is 2.45 bits per heavy atom. The van der Waals surface area contributed by atoms with E-state index in [1.165, 1.54) is 7.11 Å². The summed E-state index contributed by atoms with van der Waals surface area (Å²) >= 11 is 0. The summed E-state index contributed by atoms with van der Waals surface area (Å²) in [6.45, 7) is 8.71. The number of carbonyl (C=O) groups excluding carboxylic acids is 1. The number of hydrogen-bond acceptors (Lipinski definition) is 5. The lowest BCUT2D eigenvalue weighted by atomic mass is 9.95. The smallest absolute Gasteiger partial charge is 0.325 e. The lowest BCUT2D eigenvalue weighted by Crippen LogP contribution is -2.48. The summed E-state index contributed by atoms with van der Waals surface area (Å²) in [7, 11) is 5.33. The van der Waals surface area contributed by atoms with E-state index in [0.717, 1.165) is 39.0 Å². The van der Waals surface area contributed by atoms with Crippen LogP contribution in [-0.4, -0.2) is 63.4 Å². The Morgan fingerprint density at radius 2 is 1.95 bits per heavy atom. The number of carbonyl (C=O) groups is 1. The second-order valence-electron chi connectivity index (χ2n) is 5.75. The van der Waals surface area contributed by atoms with Crippen LogP contribution in [0.15, 0.2) is 0 Å². The van der Waals surface area contributed by atoms with Crippen LogP contribution in [0.2, 0.25) is 0 Å². The Hall–Kier alpha value is -0.650. The fraction of sp³-hybridized carbons (Fsp3) is 0.933. The molecule has 20 heavy (non-hydrogen) atoms. The topological polar surface area (TPSA) is 50.8 Å². The van der Waals surface area contributed by atoms with E-state index in [1.807, 2.05) is 20.8 Å². The molecule has 0 bridgehead atoms. The normalized spacial score (nSPS) is 14.6. The van der Waals surface area contributed by atoms with Crippen molar-refractivity contribution in [3.63, 3.8) is 0 Å². The van der Waals surface area contributed by atoms with Crippen LogP contribution in [-0.2, 0) is 14.3 Å². The number of ether oxygens (including phenoxy) is 2. The van der Waals surface area contributed by atoms with Crippen LogP contribution in [0, 0.1) is 0 Å². The molecule has 1 atom stereocenters. The van der Waals surface area contributed by atoms with E-state index in [9.17, 15) is 4.79 Å². The first-order valence-corrected chi connectivity index (χ1v) is 7.43. The van der Waals surface area contributed by atoms with Gasteiger partial charge in [0.2, 0.25) is 0 Å². The highest BCUT2D eigenvalue weighted by Crippen LogP contribution is 2.15. The number of methoxy groups -OCH3 is 1. The average molecular weight is 288 g/mol. The van der Waals surface area contributed by atoms with Gasteiger partial charge in [-0.1, -0.05) is 0 Å². The van der Waals surface area contributed by atoms with Crippen LogP contribution in [0.3, 0.4) is 0 Å². The second-order valence-corrected chi connectivity index (χ2v) is 5.75. The Bertz CT molecular complexity index is 272. The molecule has 0 aromatic carbocycles. The van der Waals surface area contributed by atoms with Crippen molar-refractivity contribution in [2.75, 3.05) is 40.9 Å². The summed E-state index contributed by atoms with van der Waals surface area (Å²) in [6, 6.07) is 0. The predicted octanol–water partition coefficient (Wildman–Crippen LogP) is 1.66. The van der Waals surface area contributed by atoms with Crippen molar-refractivity contribution in [1.29, 1.82) is 0 Å². The molecule has 1 N–H and O–H groups in total. The highest BCUT2D eigenvalue weighted by atomic mass is 16.5. The van der Waals surface area contributed by atoms with Gasteiger partial charge in [0.25, 0.3) is 0 Å². The molecule has 5 heteroatoms. The van der Waals surface area contributed by atoms with E-state index in [4.69, 9.17) is 9.47 Å². The molecule has 0 aromatic heterocycles. The lowest BCUT2D eigenvalue weighted by molar-refractivity contribution is -0.148. The third-order valence-electron chi connectivity index (χ3n) is 3.58. The maximum absolute atomic E-state index is 11.7. The van der Waals surface area contributed by atoms with Gasteiger partial charge in [-0.15, -0.1) is 0 Å². The Morgan fingerprint density at radius 1 is 1.30 bits per heavy atom. The number of esters is 1. The van der Waals surface area contributed by atoms with Crippen molar-refractivity contribution < 1.29 is 14.3 Å². The Balaban J connectivity index is 3.81. The lowest BCUT2D eigenvalue weighted by Gasteiger charge is -2.26. The zero-order valence-electron chi connectivity index (χ0n) is 14.0. The van der Waals surface area contributed by atoms with Gasteiger partial charge < -0.3 is 19.7 Å². The summed E-state index contributed by atoms with van der Waals surface area (Å²) < 4.78 is 10.4. The van der Waals surface area contributed by atoms with Gasteiger partial charge >= 0.3 is 5.97 Å². The van der Waals surface area contributed by atoms with Crippen LogP contribution >= 0.6 is 0 Å². The summed E-state index contributed by atoms with van der Waals surface area (Å²) in [5, 5.41) is 3.06. The molecular weight excluding hydrogens is 256 g/mol. The Kier molecular flexibility index (Phi) is 9.80. The molecule has 5 nitrogen and oxygen atoms in total. The monoisotopic (exact) mass is 288 g/mol. The van der Waals surface area contributed by atoms with Crippen molar-refractivity contribution in [3.05, 3.63) is 0 Å². The summed E-state index contributed by atoms with van der Waals surface area (Å²) in [5.41, 5.74) is -0.575. The third kappa shape index (κ3) is 7.82. The number of unbranched alkanes of at least 4 members (excludes halogenated alkanes) is 1. The molecule has 120 valence electrons. The molecule has 0 aliphatic carbocycles. The maximum atomic E-state index is 11.7. The largest absolute Gasteiger partial charge is 0.468 e. The molecule has 0 aromatic rings. The van der Waals surface area contributed by atoms with Gasteiger partial charge in [-0.05, 0) is 60.7 Å². The molecule has 0 fully saturated rings. The van der Waals surface area contributed by atoms with Crippen LogP contribution < -0.4 is 5.32 Å². The minimum atomic E-state index is -0.575. The van der Waals surface area contributed by atoms with E-state index < -0.39 is 5.54 Å². The second kappa shape index (κ2) is 10.1. The first-order chi connectivity index (χ1) is 9.35. The van der Waals surface area contributed by atoms with Crippen molar-refractivity contribution in [3.8, 4) is 0 Å². The van der Waals surface area contributed by atoms with Gasteiger partial charge in [-0.2, -0.15) is 0 Å². The van der Waals surface area contributed by atoms with Crippen molar-refractivity contribution >= 4 is 5.97 Å². The first-order valence-electron chi connectivity index (χ1n) is 7.43. The molecule has 0 rings (SSSR count). The van der Waals surface area contributed by atoms with Gasteiger partial charge in [0.15, 0.2) is 0 Å². The molecule has 0 radical (unpaired) electrons. The first kappa shape index (κ1) is 19.4. The van der Waals surface area contributed by atoms with Gasteiger partial charge in [-0.3, -0.25) is 4.79 Å². The number of rotatable bonds is 11.